The molecule has 0 aliphatic rings. The third kappa shape index (κ3) is 2.56. The molecule has 0 amide bonds. The Hall–Kier alpha value is -2.56. The van der Waals surface area contributed by atoms with Gasteiger partial charge in [0.2, 0.25) is 11.6 Å². The molecule has 102 valence electrons. The molecule has 0 radical (unpaired) electrons. The molecule has 0 aliphatic heterocycles. The van der Waals surface area contributed by atoms with Crippen LogP contribution >= 0.6 is 0 Å². The van der Waals surface area contributed by atoms with E-state index in [1.54, 1.807) is 12.3 Å². The summed E-state index contributed by atoms with van der Waals surface area (Å²) in [6.07, 6.45) is 2.18. The molecule has 0 saturated carbocycles. The molecule has 5 heteroatoms. The summed E-state index contributed by atoms with van der Waals surface area (Å²) in [5.41, 5.74) is 8.56. The summed E-state index contributed by atoms with van der Waals surface area (Å²) in [5.74, 6) is 1.49. The van der Waals surface area contributed by atoms with Crippen molar-refractivity contribution >= 4 is 16.9 Å². The fraction of sp³-hybridized carbons (Fsp3) is 0.200. The number of fused-ring (bicyclic) bond motifs is 1. The smallest absolute Gasteiger partial charge is 0.247 e. The van der Waals surface area contributed by atoms with Gasteiger partial charge < -0.3 is 14.9 Å². The zero-order valence-electron chi connectivity index (χ0n) is 11.2. The molecule has 2 aromatic heterocycles. The van der Waals surface area contributed by atoms with Crippen LogP contribution in [0.2, 0.25) is 0 Å². The van der Waals surface area contributed by atoms with Crippen molar-refractivity contribution in [1.82, 2.24) is 9.97 Å². The number of ether oxygens (including phenoxy) is 1. The molecule has 20 heavy (non-hydrogen) atoms. The molecule has 5 nitrogen and oxygen atoms in total. The molecule has 0 spiro atoms. The molecule has 0 unspecified atom stereocenters. The van der Waals surface area contributed by atoms with Gasteiger partial charge in [-0.1, -0.05) is 12.1 Å². The van der Waals surface area contributed by atoms with E-state index in [0.717, 1.165) is 11.3 Å². The Morgan fingerprint density at radius 3 is 2.80 bits per heavy atom. The number of anilines is 1. The van der Waals surface area contributed by atoms with Crippen LogP contribution in [-0.2, 0) is 6.42 Å². The van der Waals surface area contributed by atoms with Crippen LogP contribution < -0.4 is 10.5 Å². The van der Waals surface area contributed by atoms with E-state index < -0.39 is 0 Å². The lowest BCUT2D eigenvalue weighted by Crippen LogP contribution is -1.92. The topological polar surface area (TPSA) is 74.2 Å². The van der Waals surface area contributed by atoms with Crippen LogP contribution in [0.15, 0.2) is 40.9 Å². The van der Waals surface area contributed by atoms with E-state index >= 15 is 0 Å². The lowest BCUT2D eigenvalue weighted by Gasteiger charge is -2.03. The first-order chi connectivity index (χ1) is 9.74. The lowest BCUT2D eigenvalue weighted by molar-refractivity contribution is 0.340. The number of pyridine rings is 1. The number of oxazole rings is 1. The van der Waals surface area contributed by atoms with Crippen molar-refractivity contribution in [2.75, 3.05) is 12.3 Å². The van der Waals surface area contributed by atoms with Gasteiger partial charge in [-0.05, 0) is 30.7 Å². The average Bonchev–Trinajstić information content (AvgIpc) is 2.82. The van der Waals surface area contributed by atoms with E-state index in [-0.39, 0.29) is 0 Å². The van der Waals surface area contributed by atoms with Gasteiger partial charge in [-0.2, -0.15) is 0 Å². The molecular formula is C15H15N3O2. The number of nitrogens with two attached hydrogens (primary N) is 1. The van der Waals surface area contributed by atoms with E-state index in [4.69, 9.17) is 14.9 Å². The van der Waals surface area contributed by atoms with Crippen LogP contribution in [0, 0.1) is 0 Å². The Balaban J connectivity index is 1.81. The highest BCUT2D eigenvalue weighted by Crippen LogP contribution is 2.19. The Morgan fingerprint density at radius 1 is 1.25 bits per heavy atom. The molecule has 0 fully saturated rings. The van der Waals surface area contributed by atoms with Gasteiger partial charge in [0.15, 0.2) is 0 Å². The van der Waals surface area contributed by atoms with Crippen LogP contribution in [0.3, 0.4) is 0 Å². The van der Waals surface area contributed by atoms with Crippen molar-refractivity contribution in [3.8, 4) is 5.75 Å². The van der Waals surface area contributed by atoms with Crippen LogP contribution in [0.1, 0.15) is 18.4 Å². The Bertz CT molecular complexity index is 720. The predicted molar refractivity (Wildman–Crippen MR) is 76.6 cm³/mol. The van der Waals surface area contributed by atoms with Gasteiger partial charge in [0, 0.05) is 6.42 Å². The zero-order chi connectivity index (χ0) is 13.9. The highest BCUT2D eigenvalue weighted by Gasteiger charge is 2.08. The maximum atomic E-state index is 5.67. The van der Waals surface area contributed by atoms with Crippen LogP contribution in [0.5, 0.6) is 5.75 Å². The van der Waals surface area contributed by atoms with Crippen LogP contribution in [0.4, 0.5) is 5.69 Å². The van der Waals surface area contributed by atoms with Crippen molar-refractivity contribution in [2.45, 2.75) is 13.3 Å². The second-order valence-corrected chi connectivity index (χ2v) is 4.45. The minimum absolute atomic E-state index is 0.514. The fourth-order valence-electron chi connectivity index (χ4n) is 2.00. The van der Waals surface area contributed by atoms with E-state index in [2.05, 4.69) is 9.97 Å². The first-order valence-corrected chi connectivity index (χ1v) is 6.47. The Kier molecular flexibility index (Phi) is 3.25. The number of rotatable bonds is 4. The quantitative estimate of drug-likeness (QED) is 0.788. The highest BCUT2D eigenvalue weighted by atomic mass is 16.5. The van der Waals surface area contributed by atoms with Gasteiger partial charge in [0.1, 0.15) is 11.3 Å². The Morgan fingerprint density at radius 2 is 2.05 bits per heavy atom. The summed E-state index contributed by atoms with van der Waals surface area (Å²) >= 11 is 0. The first-order valence-electron chi connectivity index (χ1n) is 6.47. The second-order valence-electron chi connectivity index (χ2n) is 4.45. The van der Waals surface area contributed by atoms with Crippen LogP contribution in [0.25, 0.3) is 11.2 Å². The second kappa shape index (κ2) is 5.21. The number of benzene rings is 1. The summed E-state index contributed by atoms with van der Waals surface area (Å²) in [4.78, 5) is 8.49. The zero-order valence-corrected chi connectivity index (χ0v) is 11.2. The van der Waals surface area contributed by atoms with Crippen molar-refractivity contribution in [3.05, 3.63) is 48.0 Å². The number of nitrogen functional groups attached to an aromatic ring is 1. The number of aromatic nitrogens is 2. The predicted octanol–water partition coefficient (Wildman–Crippen LogP) is 2.79. The van der Waals surface area contributed by atoms with E-state index in [9.17, 15) is 0 Å². The number of hydrogen-bond donors (Lipinski definition) is 1. The van der Waals surface area contributed by atoms with Gasteiger partial charge in [-0.15, -0.1) is 0 Å². The summed E-state index contributed by atoms with van der Waals surface area (Å²) in [7, 11) is 0. The lowest BCUT2D eigenvalue weighted by atomic mass is 10.1. The van der Waals surface area contributed by atoms with Crippen molar-refractivity contribution in [1.29, 1.82) is 0 Å². The molecule has 0 atom stereocenters. The molecule has 3 aromatic rings. The first kappa shape index (κ1) is 12.5. The third-order valence-corrected chi connectivity index (χ3v) is 2.90. The molecule has 3 rings (SSSR count). The monoisotopic (exact) mass is 269 g/mol. The maximum Gasteiger partial charge on any atom is 0.247 e. The molecule has 1 aromatic carbocycles. The summed E-state index contributed by atoms with van der Waals surface area (Å²) in [6.45, 7) is 2.63. The summed E-state index contributed by atoms with van der Waals surface area (Å²) in [5, 5.41) is 0. The largest absolute Gasteiger partial charge is 0.494 e. The van der Waals surface area contributed by atoms with Gasteiger partial charge in [-0.25, -0.2) is 9.97 Å². The highest BCUT2D eigenvalue weighted by molar-refractivity contribution is 5.71. The van der Waals surface area contributed by atoms with E-state index in [1.807, 2.05) is 31.2 Å². The number of nitrogens with zero attached hydrogens (tertiary/aromatic N) is 2. The van der Waals surface area contributed by atoms with Crippen molar-refractivity contribution in [2.24, 2.45) is 0 Å². The molecule has 0 bridgehead atoms. The van der Waals surface area contributed by atoms with Gasteiger partial charge in [0.25, 0.3) is 0 Å². The third-order valence-electron chi connectivity index (χ3n) is 2.90. The molecular weight excluding hydrogens is 254 g/mol. The normalized spacial score (nSPS) is 10.8. The standard InChI is InChI=1S/C15H15N3O2/c1-2-19-12-5-3-10(4-6-12)7-14-18-13-8-11(16)9-17-15(13)20-14/h3-6,8-9H,2,7,16H2,1H3. The average molecular weight is 269 g/mol. The van der Waals surface area contributed by atoms with Gasteiger partial charge in [0.05, 0.1) is 18.5 Å². The van der Waals surface area contributed by atoms with E-state index in [1.165, 1.54) is 0 Å². The summed E-state index contributed by atoms with van der Waals surface area (Å²) in [6, 6.07) is 9.65. The van der Waals surface area contributed by atoms with E-state index in [0.29, 0.717) is 35.8 Å². The van der Waals surface area contributed by atoms with Gasteiger partial charge in [-0.3, -0.25) is 0 Å². The van der Waals surface area contributed by atoms with Crippen molar-refractivity contribution in [3.63, 3.8) is 0 Å². The molecule has 2 N–H and O–H groups in total. The maximum absolute atomic E-state index is 5.67. The van der Waals surface area contributed by atoms with Crippen LogP contribution in [-0.4, -0.2) is 16.6 Å². The summed E-state index contributed by atoms with van der Waals surface area (Å²) < 4.78 is 11.0. The molecule has 0 aliphatic carbocycles. The van der Waals surface area contributed by atoms with Crippen molar-refractivity contribution < 1.29 is 9.15 Å². The minimum atomic E-state index is 0.514. The SMILES string of the molecule is CCOc1ccc(Cc2nc3cc(N)cnc3o2)cc1. The molecule has 2 heterocycles. The number of hydrogen-bond acceptors (Lipinski definition) is 5. The minimum Gasteiger partial charge on any atom is -0.494 e. The van der Waals surface area contributed by atoms with Gasteiger partial charge >= 0.3 is 0 Å². The fourth-order valence-corrected chi connectivity index (χ4v) is 2.00. The molecule has 0 saturated heterocycles. The Labute approximate surface area is 116 Å².